The number of ether oxygens (including phenoxy) is 2. The van der Waals surface area contributed by atoms with Crippen molar-refractivity contribution in [2.75, 3.05) is 23.0 Å². The van der Waals surface area contributed by atoms with Gasteiger partial charge >= 0.3 is 0 Å². The average Bonchev–Trinajstić information content (AvgIpc) is 3.00. The number of hydrogen-bond acceptors (Lipinski definition) is 6. The van der Waals surface area contributed by atoms with Gasteiger partial charge < -0.3 is 9.47 Å². The van der Waals surface area contributed by atoms with Crippen LogP contribution in [0.1, 0.15) is 81.0 Å². The van der Waals surface area contributed by atoms with E-state index in [9.17, 15) is 19.2 Å². The zero-order chi connectivity index (χ0) is 29.4. The maximum absolute atomic E-state index is 13.7. The summed E-state index contributed by atoms with van der Waals surface area (Å²) >= 11 is 0. The van der Waals surface area contributed by atoms with Gasteiger partial charge in [0.25, 0.3) is 23.6 Å². The Labute approximate surface area is 243 Å². The van der Waals surface area contributed by atoms with Crippen molar-refractivity contribution in [3.8, 4) is 11.5 Å². The van der Waals surface area contributed by atoms with E-state index in [1.54, 1.807) is 72.8 Å². The number of nitrogens with zero attached hydrogens (tertiary/aromatic N) is 2. The third kappa shape index (κ3) is 4.49. The van der Waals surface area contributed by atoms with Gasteiger partial charge in [-0.25, -0.2) is 9.80 Å². The second-order valence-corrected chi connectivity index (χ2v) is 10.4. The molecule has 8 nitrogen and oxygen atoms in total. The van der Waals surface area contributed by atoms with Crippen LogP contribution in [-0.4, -0.2) is 36.8 Å². The summed E-state index contributed by atoms with van der Waals surface area (Å²) in [7, 11) is 0. The monoisotopic (exact) mass is 562 g/mol. The summed E-state index contributed by atoms with van der Waals surface area (Å²) in [6.45, 7) is 5.34. The third-order valence-electron chi connectivity index (χ3n) is 7.62. The summed E-state index contributed by atoms with van der Waals surface area (Å²) in [6.07, 6.45) is 3.89. The van der Waals surface area contributed by atoms with E-state index in [0.29, 0.717) is 46.9 Å². The van der Waals surface area contributed by atoms with Gasteiger partial charge in [-0.1, -0.05) is 26.7 Å². The fourth-order valence-electron chi connectivity index (χ4n) is 5.40. The molecule has 0 aliphatic carbocycles. The lowest BCUT2D eigenvalue weighted by atomic mass is 9.85. The molecule has 0 spiro atoms. The fourth-order valence-corrected chi connectivity index (χ4v) is 5.40. The van der Waals surface area contributed by atoms with Gasteiger partial charge in [0, 0.05) is 33.0 Å². The highest BCUT2D eigenvalue weighted by molar-refractivity contribution is 6.42. The van der Waals surface area contributed by atoms with Gasteiger partial charge in [-0.15, -0.1) is 0 Å². The molecule has 4 aromatic rings. The second-order valence-electron chi connectivity index (χ2n) is 10.4. The van der Waals surface area contributed by atoms with Crippen LogP contribution >= 0.6 is 0 Å². The first-order valence-electron chi connectivity index (χ1n) is 14.3. The molecular weight excluding hydrogens is 532 g/mol. The van der Waals surface area contributed by atoms with Gasteiger partial charge in [0.15, 0.2) is 0 Å². The van der Waals surface area contributed by atoms with E-state index in [2.05, 4.69) is 13.8 Å². The summed E-state index contributed by atoms with van der Waals surface area (Å²) in [5.41, 5.74) is 1.86. The maximum atomic E-state index is 13.7. The van der Waals surface area contributed by atoms with Crippen LogP contribution in [0, 0.1) is 0 Å². The average molecular weight is 563 g/mol. The number of carbonyl (C=O) groups is 4. The van der Waals surface area contributed by atoms with Crippen molar-refractivity contribution < 1.29 is 28.7 Å². The van der Waals surface area contributed by atoms with Gasteiger partial charge in [0.1, 0.15) is 11.5 Å². The van der Waals surface area contributed by atoms with E-state index in [1.807, 2.05) is 0 Å². The fraction of sp³-hybridized carbons (Fsp3) is 0.235. The van der Waals surface area contributed by atoms with E-state index in [-0.39, 0.29) is 22.3 Å². The minimum Gasteiger partial charge on any atom is -0.494 e. The molecule has 8 heteroatoms. The Bertz CT molecular complexity index is 1530. The molecule has 2 aliphatic heterocycles. The molecular formula is C34H30N2O6. The van der Waals surface area contributed by atoms with Crippen molar-refractivity contribution in [1.82, 2.24) is 0 Å². The molecule has 4 aromatic carbocycles. The van der Waals surface area contributed by atoms with Gasteiger partial charge in [-0.3, -0.25) is 19.2 Å². The van der Waals surface area contributed by atoms with Crippen molar-refractivity contribution in [2.24, 2.45) is 0 Å². The van der Waals surface area contributed by atoms with Gasteiger partial charge in [0.05, 0.1) is 24.6 Å². The molecule has 0 unspecified atom stereocenters. The lowest BCUT2D eigenvalue weighted by Crippen LogP contribution is -2.43. The van der Waals surface area contributed by atoms with Crippen molar-refractivity contribution in [3.05, 3.63) is 95.1 Å². The van der Waals surface area contributed by atoms with Gasteiger partial charge in [-0.2, -0.15) is 0 Å². The Morgan fingerprint density at radius 1 is 0.476 bits per heavy atom. The Morgan fingerprint density at radius 3 is 1.07 bits per heavy atom. The quantitative estimate of drug-likeness (QED) is 0.156. The van der Waals surface area contributed by atoms with Crippen LogP contribution in [0.2, 0.25) is 0 Å². The molecule has 0 aromatic heterocycles. The van der Waals surface area contributed by atoms with Crippen LogP contribution in [0.25, 0.3) is 10.8 Å². The Kier molecular flexibility index (Phi) is 7.20. The molecule has 0 bridgehead atoms. The van der Waals surface area contributed by atoms with Gasteiger partial charge in [-0.05, 0) is 85.6 Å². The summed E-state index contributed by atoms with van der Waals surface area (Å²) in [4.78, 5) is 57.0. The highest BCUT2D eigenvalue weighted by Gasteiger charge is 2.40. The highest BCUT2D eigenvalue weighted by Crippen LogP contribution is 2.40. The molecule has 0 fully saturated rings. The van der Waals surface area contributed by atoms with E-state index in [0.717, 1.165) is 35.5 Å². The molecule has 0 N–H and O–H groups in total. The summed E-state index contributed by atoms with van der Waals surface area (Å²) in [5, 5.41) is 0.661. The van der Waals surface area contributed by atoms with Crippen LogP contribution in [0.15, 0.2) is 72.8 Å². The number of anilines is 2. The van der Waals surface area contributed by atoms with Crippen LogP contribution in [0.3, 0.4) is 0 Å². The lowest BCUT2D eigenvalue weighted by molar-refractivity contribution is 0.0873. The first-order chi connectivity index (χ1) is 20.4. The summed E-state index contributed by atoms with van der Waals surface area (Å²) < 4.78 is 11.4. The normalized spacial score (nSPS) is 14.1. The van der Waals surface area contributed by atoms with Crippen molar-refractivity contribution in [2.45, 2.75) is 39.5 Å². The third-order valence-corrected chi connectivity index (χ3v) is 7.62. The molecule has 2 aliphatic rings. The highest BCUT2D eigenvalue weighted by atomic mass is 16.5. The van der Waals surface area contributed by atoms with Crippen LogP contribution in [-0.2, 0) is 0 Å². The Hall–Kier alpha value is -4.98. The zero-order valence-electron chi connectivity index (χ0n) is 23.5. The predicted molar refractivity (Wildman–Crippen MR) is 160 cm³/mol. The minimum absolute atomic E-state index is 0.260. The minimum atomic E-state index is -0.517. The first-order valence-corrected chi connectivity index (χ1v) is 14.3. The van der Waals surface area contributed by atoms with Crippen LogP contribution in [0.5, 0.6) is 11.5 Å². The molecule has 0 radical (unpaired) electrons. The SMILES string of the molecule is CCCCOc1ccc(N2C(=O)c3ccc4c5c(ccc(c35)C2=O)C(=O)N(c2ccc(OCCCC)cc2)C4=O)cc1. The van der Waals surface area contributed by atoms with Crippen LogP contribution < -0.4 is 19.3 Å². The summed E-state index contributed by atoms with van der Waals surface area (Å²) in [6, 6.07) is 19.9. The molecule has 0 saturated heterocycles. The maximum Gasteiger partial charge on any atom is 0.265 e. The zero-order valence-corrected chi connectivity index (χ0v) is 23.5. The number of imide groups is 2. The lowest BCUT2D eigenvalue weighted by Gasteiger charge is -2.32. The van der Waals surface area contributed by atoms with Crippen molar-refractivity contribution in [1.29, 1.82) is 0 Å². The number of hydrogen-bond donors (Lipinski definition) is 0. The van der Waals surface area contributed by atoms with E-state index >= 15 is 0 Å². The molecule has 0 saturated carbocycles. The number of carbonyl (C=O) groups excluding carboxylic acids is 4. The molecule has 42 heavy (non-hydrogen) atoms. The molecule has 0 atom stereocenters. The standard InChI is InChI=1S/C34H30N2O6/c1-3-5-19-41-23-11-7-21(8-12-23)35-31(37)25-15-17-27-30-28(18-16-26(29(25)30)32(35)38)34(40)36(33(27)39)22-9-13-24(14-10-22)42-20-6-4-2/h7-18H,3-6,19-20H2,1-2H3. The molecule has 4 amide bonds. The molecule has 212 valence electrons. The topological polar surface area (TPSA) is 93.2 Å². The predicted octanol–water partition coefficient (Wildman–Crippen LogP) is 6.80. The number of amides is 4. The Morgan fingerprint density at radius 2 is 0.786 bits per heavy atom. The number of benzene rings is 4. The molecule has 6 rings (SSSR count). The summed E-state index contributed by atoms with van der Waals surface area (Å²) in [5.74, 6) is -0.756. The number of rotatable bonds is 10. The smallest absolute Gasteiger partial charge is 0.265 e. The number of unbranched alkanes of at least 4 members (excludes halogenated alkanes) is 2. The van der Waals surface area contributed by atoms with E-state index in [1.165, 1.54) is 0 Å². The largest absolute Gasteiger partial charge is 0.494 e. The van der Waals surface area contributed by atoms with Crippen molar-refractivity contribution >= 4 is 45.8 Å². The van der Waals surface area contributed by atoms with Gasteiger partial charge in [0.2, 0.25) is 0 Å². The van der Waals surface area contributed by atoms with E-state index in [4.69, 9.17) is 9.47 Å². The van der Waals surface area contributed by atoms with E-state index < -0.39 is 23.6 Å². The first kappa shape index (κ1) is 27.2. The second kappa shape index (κ2) is 11.1. The Balaban J connectivity index is 1.34. The van der Waals surface area contributed by atoms with Crippen molar-refractivity contribution in [3.63, 3.8) is 0 Å². The molecule has 2 heterocycles. The van der Waals surface area contributed by atoms with Crippen LogP contribution in [0.4, 0.5) is 11.4 Å².